The number of halogens is 1. The average Bonchev–Trinajstić information content (AvgIpc) is 3.31. The Balaban J connectivity index is 1.56. The number of benzene rings is 1. The Morgan fingerprint density at radius 2 is 2.11 bits per heavy atom. The minimum absolute atomic E-state index is 0.0385. The van der Waals surface area contributed by atoms with E-state index in [9.17, 15) is 12.8 Å². The van der Waals surface area contributed by atoms with E-state index in [2.05, 4.69) is 10.2 Å². The largest absolute Gasteiger partial charge is 0.420 e. The number of nitrogens with zero attached hydrogens (tertiary/aromatic N) is 3. The highest BCUT2D eigenvalue weighted by molar-refractivity contribution is 7.89. The summed E-state index contributed by atoms with van der Waals surface area (Å²) in [6.07, 6.45) is 1.44. The fourth-order valence-corrected chi connectivity index (χ4v) is 5.53. The van der Waals surface area contributed by atoms with Crippen molar-refractivity contribution in [2.75, 3.05) is 13.1 Å². The maximum absolute atomic E-state index is 13.5. The molecule has 3 heterocycles. The summed E-state index contributed by atoms with van der Waals surface area (Å²) in [4.78, 5) is 2.00. The van der Waals surface area contributed by atoms with Crippen LogP contribution in [0.5, 0.6) is 0 Å². The van der Waals surface area contributed by atoms with E-state index in [1.54, 1.807) is 11.3 Å². The maximum atomic E-state index is 13.5. The number of rotatable bonds is 4. The molecule has 3 aromatic rings. The second kappa shape index (κ2) is 7.14. The Bertz CT molecular complexity index is 1060. The van der Waals surface area contributed by atoms with Crippen LogP contribution in [0, 0.1) is 12.7 Å². The van der Waals surface area contributed by atoms with Crippen LogP contribution < -0.4 is 0 Å². The zero-order valence-electron chi connectivity index (χ0n) is 14.6. The molecular weight excluding hydrogens is 389 g/mol. The summed E-state index contributed by atoms with van der Waals surface area (Å²) < 4.78 is 46.3. The van der Waals surface area contributed by atoms with Gasteiger partial charge in [-0.15, -0.1) is 21.5 Å². The van der Waals surface area contributed by atoms with Crippen molar-refractivity contribution < 1.29 is 17.2 Å². The van der Waals surface area contributed by atoms with Crippen molar-refractivity contribution in [2.45, 2.75) is 30.6 Å². The smallest absolute Gasteiger partial charge is 0.257 e. The molecule has 1 atom stereocenters. The number of thiophene rings is 1. The Morgan fingerprint density at radius 1 is 1.26 bits per heavy atom. The minimum atomic E-state index is -3.76. The predicted molar refractivity (Wildman–Crippen MR) is 99.5 cm³/mol. The van der Waals surface area contributed by atoms with Crippen molar-refractivity contribution in [3.05, 3.63) is 53.0 Å². The fraction of sp³-hybridized carbons (Fsp3) is 0.333. The van der Waals surface area contributed by atoms with Crippen molar-refractivity contribution in [3.63, 3.8) is 0 Å². The van der Waals surface area contributed by atoms with E-state index < -0.39 is 15.8 Å². The lowest BCUT2D eigenvalue weighted by Gasteiger charge is -2.30. The van der Waals surface area contributed by atoms with Gasteiger partial charge in [0, 0.05) is 18.0 Å². The number of hydrogen-bond donors (Lipinski definition) is 0. The molecule has 0 amide bonds. The molecule has 9 heteroatoms. The number of piperidine rings is 1. The molecule has 0 unspecified atom stereocenters. The highest BCUT2D eigenvalue weighted by Crippen LogP contribution is 2.32. The van der Waals surface area contributed by atoms with Gasteiger partial charge >= 0.3 is 0 Å². The molecule has 4 rings (SSSR count). The fourth-order valence-electron chi connectivity index (χ4n) is 3.19. The monoisotopic (exact) mass is 407 g/mol. The third-order valence-electron chi connectivity index (χ3n) is 4.56. The van der Waals surface area contributed by atoms with Gasteiger partial charge in [-0.05, 0) is 50.1 Å². The highest BCUT2D eigenvalue weighted by atomic mass is 32.2. The molecule has 1 aromatic carbocycles. The van der Waals surface area contributed by atoms with Crippen LogP contribution in [-0.2, 0) is 10.0 Å². The first-order valence-electron chi connectivity index (χ1n) is 8.59. The molecule has 6 nitrogen and oxygen atoms in total. The van der Waals surface area contributed by atoms with Crippen LogP contribution in [0.25, 0.3) is 10.8 Å². The van der Waals surface area contributed by atoms with Gasteiger partial charge in [0.1, 0.15) is 5.82 Å². The molecule has 142 valence electrons. The number of hydrogen-bond acceptors (Lipinski definition) is 6. The second-order valence-corrected chi connectivity index (χ2v) is 9.74. The third-order valence-corrected chi connectivity index (χ3v) is 7.41. The van der Waals surface area contributed by atoms with E-state index in [0.717, 1.165) is 22.2 Å². The molecule has 0 saturated carbocycles. The number of sulfonamides is 1. The quantitative estimate of drug-likeness (QED) is 0.657. The average molecular weight is 407 g/mol. The molecule has 1 aliphatic rings. The molecular formula is C18H18FN3O3S2. The van der Waals surface area contributed by atoms with Crippen molar-refractivity contribution >= 4 is 21.4 Å². The van der Waals surface area contributed by atoms with E-state index >= 15 is 0 Å². The van der Waals surface area contributed by atoms with Crippen molar-refractivity contribution in [2.24, 2.45) is 0 Å². The molecule has 1 aliphatic heterocycles. The van der Waals surface area contributed by atoms with Gasteiger partial charge in [-0.25, -0.2) is 12.8 Å². The van der Waals surface area contributed by atoms with Gasteiger partial charge < -0.3 is 4.42 Å². The van der Waals surface area contributed by atoms with Crippen molar-refractivity contribution in [1.82, 2.24) is 14.5 Å². The van der Waals surface area contributed by atoms with Crippen LogP contribution in [0.4, 0.5) is 4.39 Å². The molecule has 0 bridgehead atoms. The standard InChI is InChI=1S/C18H18FN3O3S2/c1-12-7-8-16(26-12)18-21-20-17(25-18)13-4-3-9-22(11-13)27(23,24)15-6-2-5-14(19)10-15/h2,5-8,10,13H,3-4,9,11H2,1H3/t13-/m0/s1. The van der Waals surface area contributed by atoms with Gasteiger partial charge in [0.15, 0.2) is 0 Å². The van der Waals surface area contributed by atoms with E-state index in [4.69, 9.17) is 4.42 Å². The zero-order chi connectivity index (χ0) is 19.0. The van der Waals surface area contributed by atoms with Gasteiger partial charge in [0.25, 0.3) is 5.89 Å². The molecule has 2 aromatic heterocycles. The molecule has 1 saturated heterocycles. The van der Waals surface area contributed by atoms with Crippen LogP contribution in [0.1, 0.15) is 29.5 Å². The Hall–Kier alpha value is -2.10. The van der Waals surface area contributed by atoms with Gasteiger partial charge in [-0.1, -0.05) is 6.07 Å². The van der Waals surface area contributed by atoms with Gasteiger partial charge in [0.05, 0.1) is 15.7 Å². The lowest BCUT2D eigenvalue weighted by atomic mass is 10.00. The van der Waals surface area contributed by atoms with Crippen LogP contribution in [-0.4, -0.2) is 36.0 Å². The first kappa shape index (κ1) is 18.3. The number of aromatic nitrogens is 2. The Kier molecular flexibility index (Phi) is 4.83. The summed E-state index contributed by atoms with van der Waals surface area (Å²) in [7, 11) is -3.76. The summed E-state index contributed by atoms with van der Waals surface area (Å²) >= 11 is 1.57. The van der Waals surface area contributed by atoms with Crippen molar-refractivity contribution in [3.8, 4) is 10.8 Å². The summed E-state index contributed by atoms with van der Waals surface area (Å²) in [6, 6.07) is 8.99. The first-order chi connectivity index (χ1) is 12.9. The third kappa shape index (κ3) is 3.67. The van der Waals surface area contributed by atoms with Gasteiger partial charge in [-0.2, -0.15) is 4.31 Å². The first-order valence-corrected chi connectivity index (χ1v) is 10.8. The van der Waals surface area contributed by atoms with E-state index in [1.165, 1.54) is 22.5 Å². The van der Waals surface area contributed by atoms with E-state index in [-0.39, 0.29) is 17.4 Å². The number of aryl methyl sites for hydroxylation is 1. The predicted octanol–water partition coefficient (Wildman–Crippen LogP) is 3.81. The van der Waals surface area contributed by atoms with Gasteiger partial charge in [-0.3, -0.25) is 0 Å². The lowest BCUT2D eigenvalue weighted by Crippen LogP contribution is -2.39. The summed E-state index contributed by atoms with van der Waals surface area (Å²) in [6.45, 7) is 2.63. The van der Waals surface area contributed by atoms with E-state index in [1.807, 2.05) is 19.1 Å². The Labute approximate surface area is 160 Å². The maximum Gasteiger partial charge on any atom is 0.257 e. The molecule has 1 fully saturated rings. The summed E-state index contributed by atoms with van der Waals surface area (Å²) in [5.74, 6) is 0.144. The molecule has 0 N–H and O–H groups in total. The van der Waals surface area contributed by atoms with Crippen LogP contribution in [0.2, 0.25) is 0 Å². The normalized spacial score (nSPS) is 18.7. The molecule has 0 aliphatic carbocycles. The molecule has 27 heavy (non-hydrogen) atoms. The summed E-state index contributed by atoms with van der Waals surface area (Å²) in [5, 5.41) is 8.25. The Morgan fingerprint density at radius 3 is 2.85 bits per heavy atom. The molecule has 0 radical (unpaired) electrons. The van der Waals surface area contributed by atoms with Crippen LogP contribution >= 0.6 is 11.3 Å². The topological polar surface area (TPSA) is 76.3 Å². The zero-order valence-corrected chi connectivity index (χ0v) is 16.3. The molecule has 0 spiro atoms. The van der Waals surface area contributed by atoms with E-state index in [0.29, 0.717) is 24.7 Å². The second-order valence-electron chi connectivity index (χ2n) is 6.52. The highest BCUT2D eigenvalue weighted by Gasteiger charge is 2.33. The lowest BCUT2D eigenvalue weighted by molar-refractivity contribution is 0.286. The van der Waals surface area contributed by atoms with Crippen molar-refractivity contribution in [1.29, 1.82) is 0 Å². The van der Waals surface area contributed by atoms with Gasteiger partial charge in [0.2, 0.25) is 15.9 Å². The SMILES string of the molecule is Cc1ccc(-c2nnc([C@H]3CCCN(S(=O)(=O)c4cccc(F)c4)C3)o2)s1. The van der Waals surface area contributed by atoms with Crippen LogP contribution in [0.3, 0.4) is 0 Å². The minimum Gasteiger partial charge on any atom is -0.420 e. The van der Waals surface area contributed by atoms with Crippen LogP contribution in [0.15, 0.2) is 45.7 Å². The summed E-state index contributed by atoms with van der Waals surface area (Å²) in [5.41, 5.74) is 0.